The fourth-order valence-corrected chi connectivity index (χ4v) is 4.10. The number of aryl methyl sites for hydroxylation is 1. The van der Waals surface area contributed by atoms with Crippen molar-refractivity contribution >= 4 is 17.9 Å². The first-order valence-electron chi connectivity index (χ1n) is 12.1. The van der Waals surface area contributed by atoms with Crippen molar-refractivity contribution in [3.05, 3.63) is 71.8 Å². The number of carboxylic acid groups (broad SMARTS) is 3. The molecule has 36 heavy (non-hydrogen) atoms. The second-order valence-electron chi connectivity index (χ2n) is 8.72. The van der Waals surface area contributed by atoms with Crippen molar-refractivity contribution in [2.45, 2.75) is 58.3 Å². The summed E-state index contributed by atoms with van der Waals surface area (Å²) in [5.74, 6) is -3.21. The Bertz CT molecular complexity index is 1010. The lowest BCUT2D eigenvalue weighted by atomic mass is 9.99. The molecule has 8 heteroatoms. The topological polar surface area (TPSA) is 124 Å². The van der Waals surface area contributed by atoms with Crippen LogP contribution in [0.15, 0.2) is 60.7 Å². The summed E-state index contributed by atoms with van der Waals surface area (Å²) in [6.07, 6.45) is 4.69. The van der Waals surface area contributed by atoms with Crippen LogP contribution in [0, 0.1) is 6.92 Å². The van der Waals surface area contributed by atoms with Gasteiger partial charge < -0.3 is 20.1 Å². The van der Waals surface area contributed by atoms with Gasteiger partial charge in [0.1, 0.15) is 6.04 Å². The molecule has 1 atom stereocenters. The fraction of sp³-hybridized carbons (Fsp3) is 0.393. The second kappa shape index (κ2) is 14.8. The monoisotopic (exact) mass is 497 g/mol. The van der Waals surface area contributed by atoms with Gasteiger partial charge in [0.25, 0.3) is 0 Å². The lowest BCUT2D eigenvalue weighted by Crippen LogP contribution is -2.47. The van der Waals surface area contributed by atoms with Crippen LogP contribution in [0.2, 0.25) is 0 Å². The predicted octanol–water partition coefficient (Wildman–Crippen LogP) is 4.61. The van der Waals surface area contributed by atoms with Crippen molar-refractivity contribution in [1.82, 2.24) is 4.90 Å². The van der Waals surface area contributed by atoms with Crippen LogP contribution >= 0.6 is 0 Å². The third-order valence-corrected chi connectivity index (χ3v) is 5.99. The predicted molar refractivity (Wildman–Crippen MR) is 137 cm³/mol. The minimum Gasteiger partial charge on any atom is -0.480 e. The highest BCUT2D eigenvalue weighted by Crippen LogP contribution is 2.26. The van der Waals surface area contributed by atoms with Gasteiger partial charge >= 0.3 is 17.9 Å². The lowest BCUT2D eigenvalue weighted by Gasteiger charge is -2.35. The van der Waals surface area contributed by atoms with Crippen molar-refractivity contribution < 1.29 is 34.4 Å². The number of rotatable bonds is 10. The van der Waals surface area contributed by atoms with Crippen molar-refractivity contribution in [1.29, 1.82) is 0 Å². The number of nitrogens with zero attached hydrogens (tertiary/aromatic N) is 1. The Hall–Kier alpha value is -3.49. The van der Waals surface area contributed by atoms with E-state index < -0.39 is 17.9 Å². The Kier molecular flexibility index (Phi) is 11.8. The van der Waals surface area contributed by atoms with Gasteiger partial charge in [-0.2, -0.15) is 0 Å². The van der Waals surface area contributed by atoms with E-state index >= 15 is 0 Å². The third kappa shape index (κ3) is 9.64. The van der Waals surface area contributed by atoms with E-state index in [2.05, 4.69) is 60.4 Å². The summed E-state index contributed by atoms with van der Waals surface area (Å²) in [4.78, 5) is 32.7. The molecule has 1 aliphatic heterocycles. The molecular formula is C28H35NO7. The summed E-state index contributed by atoms with van der Waals surface area (Å²) in [5.41, 5.74) is 4.88. The Balaban J connectivity index is 0.000000493. The van der Waals surface area contributed by atoms with E-state index in [1.807, 2.05) is 6.92 Å². The Morgan fingerprint density at radius 3 is 2.08 bits per heavy atom. The van der Waals surface area contributed by atoms with E-state index in [9.17, 15) is 19.5 Å². The maximum Gasteiger partial charge on any atom is 0.328 e. The normalized spacial score (nSPS) is 15.2. The fourth-order valence-electron chi connectivity index (χ4n) is 4.10. The SMILES string of the molecule is CCCC(C(=O)O)N1CCC(OCc2ccccc2-c2ccc(C)cc2)CC1.O=C(O)C=CC(=O)O. The molecule has 0 bridgehead atoms. The van der Waals surface area contributed by atoms with E-state index in [-0.39, 0.29) is 12.1 Å². The first-order chi connectivity index (χ1) is 17.2. The Labute approximate surface area is 211 Å². The molecule has 1 unspecified atom stereocenters. The van der Waals surface area contributed by atoms with Crippen molar-refractivity contribution in [2.75, 3.05) is 13.1 Å². The van der Waals surface area contributed by atoms with Gasteiger partial charge in [-0.15, -0.1) is 0 Å². The minimum absolute atomic E-state index is 0.193. The van der Waals surface area contributed by atoms with E-state index in [0.717, 1.165) is 32.4 Å². The van der Waals surface area contributed by atoms with E-state index in [4.69, 9.17) is 14.9 Å². The molecule has 8 nitrogen and oxygen atoms in total. The number of hydrogen-bond acceptors (Lipinski definition) is 5. The number of carboxylic acids is 3. The summed E-state index contributed by atoms with van der Waals surface area (Å²) in [6, 6.07) is 16.6. The maximum atomic E-state index is 11.5. The quantitative estimate of drug-likeness (QED) is 0.407. The molecule has 3 rings (SSSR count). The van der Waals surface area contributed by atoms with E-state index in [1.165, 1.54) is 22.3 Å². The summed E-state index contributed by atoms with van der Waals surface area (Å²) < 4.78 is 6.23. The number of aliphatic carboxylic acids is 3. The molecule has 0 spiro atoms. The summed E-state index contributed by atoms with van der Waals surface area (Å²) in [7, 11) is 0. The van der Waals surface area contributed by atoms with E-state index in [1.54, 1.807) is 0 Å². The zero-order chi connectivity index (χ0) is 26.5. The third-order valence-electron chi connectivity index (χ3n) is 5.99. The van der Waals surface area contributed by atoms with Gasteiger partial charge in [-0.1, -0.05) is 67.4 Å². The molecule has 1 aliphatic rings. The highest BCUT2D eigenvalue weighted by atomic mass is 16.5. The molecule has 0 aromatic heterocycles. The largest absolute Gasteiger partial charge is 0.480 e. The van der Waals surface area contributed by atoms with Crippen LogP contribution < -0.4 is 0 Å². The van der Waals surface area contributed by atoms with Crippen LogP contribution in [0.25, 0.3) is 11.1 Å². The zero-order valence-electron chi connectivity index (χ0n) is 20.8. The average molecular weight is 498 g/mol. The maximum absolute atomic E-state index is 11.5. The second-order valence-corrected chi connectivity index (χ2v) is 8.72. The molecule has 0 radical (unpaired) electrons. The molecule has 0 saturated carbocycles. The number of carbonyl (C=O) groups is 3. The number of benzene rings is 2. The number of hydrogen-bond donors (Lipinski definition) is 3. The molecule has 0 amide bonds. The molecule has 1 heterocycles. The van der Waals surface area contributed by atoms with Gasteiger partial charge in [0.2, 0.25) is 0 Å². The summed E-state index contributed by atoms with van der Waals surface area (Å²) in [6.45, 7) is 6.31. The Morgan fingerprint density at radius 1 is 0.972 bits per heavy atom. The highest BCUT2D eigenvalue weighted by molar-refractivity contribution is 5.89. The summed E-state index contributed by atoms with van der Waals surface area (Å²) in [5, 5.41) is 25.1. The highest BCUT2D eigenvalue weighted by Gasteiger charge is 2.29. The number of likely N-dealkylation sites (tertiary alicyclic amines) is 1. The number of piperidine rings is 1. The number of ether oxygens (including phenoxy) is 1. The zero-order valence-corrected chi connectivity index (χ0v) is 20.8. The van der Waals surface area contributed by atoms with Crippen LogP contribution in [0.4, 0.5) is 0 Å². The van der Waals surface area contributed by atoms with Crippen LogP contribution in [0.5, 0.6) is 0 Å². The first-order valence-corrected chi connectivity index (χ1v) is 12.1. The first kappa shape index (κ1) is 28.7. The van der Waals surface area contributed by atoms with Crippen molar-refractivity contribution in [3.8, 4) is 11.1 Å². The molecule has 1 saturated heterocycles. The van der Waals surface area contributed by atoms with Crippen molar-refractivity contribution in [2.24, 2.45) is 0 Å². The van der Waals surface area contributed by atoms with E-state index in [0.29, 0.717) is 25.2 Å². The van der Waals surface area contributed by atoms with Gasteiger partial charge in [-0.05, 0) is 42.9 Å². The van der Waals surface area contributed by atoms with Crippen LogP contribution in [-0.2, 0) is 25.7 Å². The molecule has 3 N–H and O–H groups in total. The molecule has 0 aliphatic carbocycles. The van der Waals surface area contributed by atoms with Gasteiger partial charge in [0.05, 0.1) is 12.7 Å². The summed E-state index contributed by atoms with van der Waals surface area (Å²) >= 11 is 0. The van der Waals surface area contributed by atoms with Crippen LogP contribution in [0.1, 0.15) is 43.7 Å². The average Bonchev–Trinajstić information content (AvgIpc) is 2.86. The van der Waals surface area contributed by atoms with Crippen molar-refractivity contribution in [3.63, 3.8) is 0 Å². The van der Waals surface area contributed by atoms with Gasteiger partial charge in [-0.25, -0.2) is 9.59 Å². The lowest BCUT2D eigenvalue weighted by molar-refractivity contribution is -0.145. The molecule has 1 fully saturated rings. The molecular weight excluding hydrogens is 462 g/mol. The smallest absolute Gasteiger partial charge is 0.328 e. The van der Waals surface area contributed by atoms with Crippen LogP contribution in [-0.4, -0.2) is 63.4 Å². The van der Waals surface area contributed by atoms with Crippen LogP contribution in [0.3, 0.4) is 0 Å². The van der Waals surface area contributed by atoms with Gasteiger partial charge in [-0.3, -0.25) is 9.69 Å². The Morgan fingerprint density at radius 2 is 1.56 bits per heavy atom. The molecule has 194 valence electrons. The minimum atomic E-state index is -1.26. The van der Waals surface area contributed by atoms with Gasteiger partial charge in [0, 0.05) is 25.2 Å². The molecule has 2 aromatic carbocycles. The standard InChI is InChI=1S/C24H31NO3.C4H4O4/c1-3-6-23(24(26)27)25-15-13-21(14-16-25)28-17-20-7-4-5-8-22(20)19-11-9-18(2)10-12-19;5-3(6)1-2-4(7)8/h4-5,7-12,21,23H,3,6,13-17H2,1-2H3,(H,26,27);1-2H,(H,5,6)(H,7,8). The molecule has 2 aromatic rings. The van der Waals surface area contributed by atoms with Gasteiger partial charge in [0.15, 0.2) is 0 Å².